The van der Waals surface area contributed by atoms with Gasteiger partial charge in [0.1, 0.15) is 6.04 Å². The summed E-state index contributed by atoms with van der Waals surface area (Å²) >= 11 is 0. The summed E-state index contributed by atoms with van der Waals surface area (Å²) in [4.78, 5) is 14.0. The quantitative estimate of drug-likeness (QED) is 0.626. The number of carbonyl (C=O) groups is 1. The number of nitrogens with zero attached hydrogens (tertiary/aromatic N) is 1. The molecule has 0 bridgehead atoms. The lowest BCUT2D eigenvalue weighted by Crippen LogP contribution is -2.48. The highest BCUT2D eigenvalue weighted by Gasteiger charge is 2.22. The Balaban J connectivity index is 4.27. The van der Waals surface area contributed by atoms with Crippen molar-refractivity contribution in [3.05, 3.63) is 0 Å². The average Bonchev–Trinajstić information content (AvgIpc) is 2.29. The van der Waals surface area contributed by atoms with Crippen molar-refractivity contribution in [1.82, 2.24) is 10.2 Å². The van der Waals surface area contributed by atoms with Crippen LogP contribution in [0.15, 0.2) is 0 Å². The maximum absolute atomic E-state index is 11.7. The highest BCUT2D eigenvalue weighted by Crippen LogP contribution is 2.05. The fourth-order valence-corrected chi connectivity index (χ4v) is 1.82. The van der Waals surface area contributed by atoms with Crippen molar-refractivity contribution in [3.8, 4) is 0 Å². The van der Waals surface area contributed by atoms with Gasteiger partial charge in [0.05, 0.1) is 6.61 Å². The maximum Gasteiger partial charge on any atom is 0.324 e. The van der Waals surface area contributed by atoms with E-state index in [0.717, 1.165) is 19.4 Å². The third-order valence-electron chi connectivity index (χ3n) is 2.95. The Morgan fingerprint density at radius 2 is 2.00 bits per heavy atom. The summed E-state index contributed by atoms with van der Waals surface area (Å²) in [5.74, 6) is -0.148. The molecule has 17 heavy (non-hydrogen) atoms. The van der Waals surface area contributed by atoms with E-state index >= 15 is 0 Å². The molecule has 2 unspecified atom stereocenters. The van der Waals surface area contributed by atoms with Crippen LogP contribution < -0.4 is 5.32 Å². The van der Waals surface area contributed by atoms with E-state index in [9.17, 15) is 4.79 Å². The van der Waals surface area contributed by atoms with Gasteiger partial charge in [-0.2, -0.15) is 0 Å². The molecule has 0 aliphatic rings. The van der Waals surface area contributed by atoms with E-state index in [4.69, 9.17) is 4.74 Å². The minimum Gasteiger partial charge on any atom is -0.465 e. The van der Waals surface area contributed by atoms with Gasteiger partial charge in [0.25, 0.3) is 0 Å². The number of hydrogen-bond acceptors (Lipinski definition) is 4. The van der Waals surface area contributed by atoms with Crippen LogP contribution in [-0.4, -0.2) is 49.7 Å². The van der Waals surface area contributed by atoms with Gasteiger partial charge in [-0.15, -0.1) is 0 Å². The number of carbonyl (C=O) groups excluding carboxylic acids is 1. The zero-order chi connectivity index (χ0) is 13.3. The van der Waals surface area contributed by atoms with Gasteiger partial charge >= 0.3 is 5.97 Å². The Morgan fingerprint density at radius 1 is 1.35 bits per heavy atom. The van der Waals surface area contributed by atoms with Crippen LogP contribution in [0.4, 0.5) is 0 Å². The van der Waals surface area contributed by atoms with Crippen molar-refractivity contribution in [2.45, 2.75) is 52.6 Å². The molecular weight excluding hydrogens is 216 g/mol. The van der Waals surface area contributed by atoms with Gasteiger partial charge in [-0.25, -0.2) is 0 Å². The highest BCUT2D eigenvalue weighted by atomic mass is 16.5. The zero-order valence-corrected chi connectivity index (χ0v) is 12.0. The molecule has 0 saturated heterocycles. The molecule has 0 aliphatic carbocycles. The van der Waals surface area contributed by atoms with Crippen LogP contribution in [0.1, 0.15) is 40.5 Å². The van der Waals surface area contributed by atoms with Gasteiger partial charge in [0.2, 0.25) is 0 Å². The second kappa shape index (κ2) is 9.42. The predicted octanol–water partition coefficient (Wildman–Crippen LogP) is 1.65. The molecule has 2 atom stereocenters. The predicted molar refractivity (Wildman–Crippen MR) is 71.1 cm³/mol. The summed E-state index contributed by atoms with van der Waals surface area (Å²) in [6, 6.07) is 0.278. The molecule has 0 rings (SSSR count). The fourth-order valence-electron chi connectivity index (χ4n) is 1.82. The van der Waals surface area contributed by atoms with Crippen molar-refractivity contribution in [1.29, 1.82) is 0 Å². The van der Waals surface area contributed by atoms with E-state index in [1.165, 1.54) is 0 Å². The molecule has 0 fully saturated rings. The molecule has 0 saturated carbocycles. The van der Waals surface area contributed by atoms with Crippen LogP contribution in [0.3, 0.4) is 0 Å². The van der Waals surface area contributed by atoms with E-state index in [-0.39, 0.29) is 12.0 Å². The average molecular weight is 244 g/mol. The summed E-state index contributed by atoms with van der Waals surface area (Å²) in [5, 5.41) is 3.18. The number of esters is 1. The SMILES string of the molecule is CCCC(C)N(C)CC(NCC)C(=O)OCC. The van der Waals surface area contributed by atoms with Crippen LogP contribution in [0.5, 0.6) is 0 Å². The van der Waals surface area contributed by atoms with Crippen molar-refractivity contribution < 1.29 is 9.53 Å². The van der Waals surface area contributed by atoms with Crippen molar-refractivity contribution >= 4 is 5.97 Å². The molecule has 102 valence electrons. The molecule has 0 aliphatic heterocycles. The van der Waals surface area contributed by atoms with Crippen LogP contribution in [-0.2, 0) is 9.53 Å². The monoisotopic (exact) mass is 244 g/mol. The third-order valence-corrected chi connectivity index (χ3v) is 2.95. The van der Waals surface area contributed by atoms with E-state index in [2.05, 4.69) is 31.1 Å². The lowest BCUT2D eigenvalue weighted by molar-refractivity contribution is -0.146. The third kappa shape index (κ3) is 6.64. The van der Waals surface area contributed by atoms with Gasteiger partial charge in [-0.1, -0.05) is 20.3 Å². The summed E-state index contributed by atoms with van der Waals surface area (Å²) in [5.41, 5.74) is 0. The van der Waals surface area contributed by atoms with Gasteiger partial charge in [0, 0.05) is 12.6 Å². The van der Waals surface area contributed by atoms with E-state index in [1.807, 2.05) is 13.8 Å². The second-order valence-electron chi connectivity index (χ2n) is 4.44. The Bertz CT molecular complexity index is 210. The first-order valence-electron chi connectivity index (χ1n) is 6.66. The fraction of sp³-hybridized carbons (Fsp3) is 0.923. The van der Waals surface area contributed by atoms with Crippen LogP contribution in [0, 0.1) is 0 Å². The number of hydrogen-bond donors (Lipinski definition) is 1. The number of nitrogens with one attached hydrogen (secondary N) is 1. The number of rotatable bonds is 9. The maximum atomic E-state index is 11.7. The van der Waals surface area contributed by atoms with E-state index in [0.29, 0.717) is 19.2 Å². The lowest BCUT2D eigenvalue weighted by Gasteiger charge is -2.28. The summed E-state index contributed by atoms with van der Waals surface area (Å²) in [7, 11) is 2.06. The second-order valence-corrected chi connectivity index (χ2v) is 4.44. The molecule has 0 radical (unpaired) electrons. The van der Waals surface area contributed by atoms with Crippen molar-refractivity contribution in [2.75, 3.05) is 26.7 Å². The molecule has 0 aromatic rings. The number of ether oxygens (including phenoxy) is 1. The van der Waals surface area contributed by atoms with Crippen molar-refractivity contribution in [2.24, 2.45) is 0 Å². The van der Waals surface area contributed by atoms with E-state index < -0.39 is 0 Å². The molecule has 0 aromatic heterocycles. The Hall–Kier alpha value is -0.610. The van der Waals surface area contributed by atoms with Crippen molar-refractivity contribution in [3.63, 3.8) is 0 Å². The Labute approximate surface area is 106 Å². The minimum absolute atomic E-state index is 0.148. The molecule has 4 heteroatoms. The largest absolute Gasteiger partial charge is 0.465 e. The van der Waals surface area contributed by atoms with Crippen LogP contribution >= 0.6 is 0 Å². The highest BCUT2D eigenvalue weighted by molar-refractivity contribution is 5.76. The smallest absolute Gasteiger partial charge is 0.324 e. The standard InChI is InChI=1S/C13H28N2O2/c1-6-9-11(4)15(5)10-12(14-7-2)13(16)17-8-3/h11-12,14H,6-10H2,1-5H3. The molecule has 4 nitrogen and oxygen atoms in total. The summed E-state index contributed by atoms with van der Waals surface area (Å²) < 4.78 is 5.07. The molecule has 1 N–H and O–H groups in total. The van der Waals surface area contributed by atoms with Gasteiger partial charge in [0.15, 0.2) is 0 Å². The first kappa shape index (κ1) is 16.4. The molecule has 0 aromatic carbocycles. The molecular formula is C13H28N2O2. The minimum atomic E-state index is -0.218. The Morgan fingerprint density at radius 3 is 2.47 bits per heavy atom. The van der Waals surface area contributed by atoms with Gasteiger partial charge in [-0.3, -0.25) is 4.79 Å². The molecule has 0 heterocycles. The molecule has 0 amide bonds. The van der Waals surface area contributed by atoms with Gasteiger partial charge < -0.3 is 15.0 Å². The summed E-state index contributed by atoms with van der Waals surface area (Å²) in [6.07, 6.45) is 2.31. The topological polar surface area (TPSA) is 41.6 Å². The lowest BCUT2D eigenvalue weighted by atomic mass is 10.1. The number of likely N-dealkylation sites (N-methyl/N-ethyl adjacent to an activating group) is 2. The normalized spacial score (nSPS) is 14.7. The first-order valence-corrected chi connectivity index (χ1v) is 6.66. The van der Waals surface area contributed by atoms with Crippen LogP contribution in [0.2, 0.25) is 0 Å². The summed E-state index contributed by atoms with van der Waals surface area (Å²) in [6.45, 7) is 10.1. The van der Waals surface area contributed by atoms with Gasteiger partial charge in [-0.05, 0) is 33.9 Å². The Kier molecular flexibility index (Phi) is 9.09. The van der Waals surface area contributed by atoms with E-state index in [1.54, 1.807) is 0 Å². The zero-order valence-electron chi connectivity index (χ0n) is 12.0. The van der Waals surface area contributed by atoms with Crippen LogP contribution in [0.25, 0.3) is 0 Å². The molecule has 0 spiro atoms. The first-order chi connectivity index (χ1) is 8.06.